The largest absolute Gasteiger partial charge is 0.467 e. The molecule has 18 nitrogen and oxygen atoms in total. The number of nitrogens with two attached hydrogens (primary N) is 1. The monoisotopic (exact) mass is 782 g/mol. The van der Waals surface area contributed by atoms with Gasteiger partial charge in [0.1, 0.15) is 59.7 Å². The van der Waals surface area contributed by atoms with Gasteiger partial charge in [-0.05, 0) is 56.2 Å². The van der Waals surface area contributed by atoms with E-state index in [1.165, 1.54) is 37.0 Å². The lowest BCUT2D eigenvalue weighted by Gasteiger charge is -2.25. The van der Waals surface area contributed by atoms with Gasteiger partial charge in [-0.3, -0.25) is 9.32 Å². The van der Waals surface area contributed by atoms with Crippen LogP contribution in [0.3, 0.4) is 0 Å². The van der Waals surface area contributed by atoms with E-state index in [0.29, 0.717) is 16.8 Å². The highest BCUT2D eigenvalue weighted by atomic mass is 31.2. The van der Waals surface area contributed by atoms with Crippen LogP contribution in [0.1, 0.15) is 50.1 Å². The molecule has 6 N–H and O–H groups in total. The van der Waals surface area contributed by atoms with Crippen molar-refractivity contribution >= 4 is 37.1 Å². The first-order valence-electron chi connectivity index (χ1n) is 17.4. The molecular weight excluding hydrogens is 739 g/mol. The summed E-state index contributed by atoms with van der Waals surface area (Å²) in [5, 5.41) is 31.9. The van der Waals surface area contributed by atoms with Crippen LogP contribution in [0.15, 0.2) is 73.1 Å². The third kappa shape index (κ3) is 8.59. The number of nitrogens with one attached hydrogen (secondary N) is 2. The summed E-state index contributed by atoms with van der Waals surface area (Å²) in [6, 6.07) is 16.1. The molecule has 3 heterocycles. The van der Waals surface area contributed by atoms with Crippen LogP contribution < -0.4 is 20.7 Å². The predicted octanol–water partition coefficient (Wildman–Crippen LogP) is 2.76. The second-order valence-corrected chi connectivity index (χ2v) is 15.3. The van der Waals surface area contributed by atoms with Crippen molar-refractivity contribution < 1.29 is 57.2 Å². The van der Waals surface area contributed by atoms with Gasteiger partial charge in [-0.2, -0.15) is 10.2 Å². The second kappa shape index (κ2) is 15.9. The number of nitrogen functional groups attached to an aromatic ring is 1. The summed E-state index contributed by atoms with van der Waals surface area (Å²) in [5.41, 5.74) is 4.89. The Hall–Kier alpha value is -5.10. The fraction of sp³-hybridized carbons (Fsp3) is 0.417. The third-order valence-electron chi connectivity index (χ3n) is 9.25. The molecule has 19 heteroatoms. The van der Waals surface area contributed by atoms with E-state index in [1.54, 1.807) is 62.4 Å². The number of carbonyl (C=O) groups excluding carboxylic acids is 3. The van der Waals surface area contributed by atoms with E-state index in [0.717, 1.165) is 5.56 Å². The van der Waals surface area contributed by atoms with Crippen LogP contribution in [0.2, 0.25) is 0 Å². The topological polar surface area (TPSA) is 244 Å². The number of aliphatic hydroxyl groups is 2. The molecule has 1 unspecified atom stereocenters. The molecule has 2 aromatic heterocycles. The second-order valence-electron chi connectivity index (χ2n) is 13.6. The summed E-state index contributed by atoms with van der Waals surface area (Å²) in [7, 11) is -3.27. The van der Waals surface area contributed by atoms with Crippen LogP contribution in [-0.4, -0.2) is 92.1 Å². The molecule has 294 valence electrons. The van der Waals surface area contributed by atoms with Crippen molar-refractivity contribution in [2.45, 2.75) is 81.8 Å². The van der Waals surface area contributed by atoms with Gasteiger partial charge in [-0.15, -0.1) is 0 Å². The van der Waals surface area contributed by atoms with Crippen molar-refractivity contribution in [3.8, 4) is 5.75 Å². The number of carbonyl (C=O) groups is 3. The summed E-state index contributed by atoms with van der Waals surface area (Å²) in [6.07, 6.45) is -2.55. The summed E-state index contributed by atoms with van der Waals surface area (Å²) in [4.78, 5) is 41.7. The number of aliphatic hydroxyl groups excluding tert-OH is 1. The maximum atomic E-state index is 14.4. The molecule has 6 rings (SSSR count). The normalized spacial score (nSPS) is 23.6. The summed E-state index contributed by atoms with van der Waals surface area (Å²) >= 11 is 0. The number of fused-ring (bicyclic) bond motifs is 2. The first-order valence-corrected chi connectivity index (χ1v) is 18.9. The lowest BCUT2D eigenvalue weighted by molar-refractivity contribution is -0.149. The minimum Gasteiger partial charge on any atom is -0.467 e. The Morgan fingerprint density at radius 1 is 1.05 bits per heavy atom. The zero-order valence-corrected chi connectivity index (χ0v) is 31.4. The summed E-state index contributed by atoms with van der Waals surface area (Å²) in [6.45, 7) is 4.22. The van der Waals surface area contributed by atoms with Gasteiger partial charge in [0.05, 0.1) is 25.5 Å². The molecule has 1 saturated heterocycles. The molecule has 0 radical (unpaired) electrons. The number of rotatable bonds is 16. The number of alkyl carbamates (subject to hydrolysis) is 1. The Morgan fingerprint density at radius 2 is 1.78 bits per heavy atom. The Labute approximate surface area is 315 Å². The fourth-order valence-corrected chi connectivity index (χ4v) is 7.83. The lowest BCUT2D eigenvalue weighted by atomic mass is 10.0. The van der Waals surface area contributed by atoms with Crippen LogP contribution in [0.5, 0.6) is 5.75 Å². The van der Waals surface area contributed by atoms with Crippen LogP contribution >= 0.6 is 7.75 Å². The number of hydrogen-bond acceptors (Lipinski definition) is 15. The summed E-state index contributed by atoms with van der Waals surface area (Å²) < 4.78 is 49.1. The van der Waals surface area contributed by atoms with E-state index in [4.69, 9.17) is 33.7 Å². The molecule has 2 aromatic carbocycles. The van der Waals surface area contributed by atoms with Gasteiger partial charge < -0.3 is 44.7 Å². The highest BCUT2D eigenvalue weighted by molar-refractivity contribution is 7.52. The maximum Gasteiger partial charge on any atom is 0.459 e. The number of amides is 1. The Morgan fingerprint density at radius 3 is 2.47 bits per heavy atom. The van der Waals surface area contributed by atoms with E-state index in [1.807, 2.05) is 6.07 Å². The number of nitrogens with zero attached hydrogens (tertiary/aromatic N) is 3. The van der Waals surface area contributed by atoms with E-state index < -0.39 is 74.0 Å². The molecule has 1 saturated carbocycles. The van der Waals surface area contributed by atoms with Crippen molar-refractivity contribution in [2.24, 2.45) is 0 Å². The SMILES string of the molecule is COC(=O)[C@H](Cc1ccc(OP(=O)(N[C@@H](C)C(=O)OC(C)C)OC[C@]23C[C@]2(O)[C@@H](O)[C@H](c2ccc4c(N)ncnn24)O3)cc1)NC(=O)OCc1ccccc1. The number of anilines is 1. The predicted molar refractivity (Wildman–Crippen MR) is 193 cm³/mol. The number of aromatic nitrogens is 3. The van der Waals surface area contributed by atoms with Crippen LogP contribution in [0, 0.1) is 0 Å². The third-order valence-corrected chi connectivity index (χ3v) is 10.9. The standard InChI is InChI=1S/C36H43N6O12P/c1-21(2)52-32(44)22(3)41-55(48,51-19-35-18-36(35,47)30(43)29(53-35)27-14-15-28-31(37)38-20-39-42(27)28)54-25-12-10-23(11-13-25)16-26(33(45)49-4)40-34(46)50-17-24-8-6-5-7-9-24/h5-15,20-22,26,29-30,43,47H,16-19H2,1-4H3,(H,40,46)(H,41,48)(H2,37,38,39)/t22-,26-,29-,30-,35+,36-,55?/m0/s1. The Balaban J connectivity index is 1.15. The van der Waals surface area contributed by atoms with Crippen molar-refractivity contribution in [3.05, 3.63) is 89.9 Å². The van der Waals surface area contributed by atoms with Gasteiger partial charge in [-0.1, -0.05) is 42.5 Å². The zero-order chi connectivity index (χ0) is 39.5. The first-order chi connectivity index (χ1) is 26.2. The molecule has 1 aliphatic heterocycles. The Bertz CT molecular complexity index is 2070. The zero-order valence-electron chi connectivity index (χ0n) is 30.5. The minimum atomic E-state index is -4.47. The Kier molecular flexibility index (Phi) is 11.5. The smallest absolute Gasteiger partial charge is 0.459 e. The molecule has 0 spiro atoms. The summed E-state index contributed by atoms with van der Waals surface area (Å²) in [5.74, 6) is -1.18. The van der Waals surface area contributed by atoms with Crippen LogP contribution in [-0.2, 0) is 50.7 Å². The van der Waals surface area contributed by atoms with E-state index in [9.17, 15) is 29.2 Å². The molecule has 55 heavy (non-hydrogen) atoms. The first kappa shape index (κ1) is 39.6. The van der Waals surface area contributed by atoms with E-state index >= 15 is 0 Å². The molecule has 0 bridgehead atoms. The molecule has 4 aromatic rings. The average molecular weight is 783 g/mol. The van der Waals surface area contributed by atoms with Gasteiger partial charge in [0.15, 0.2) is 5.82 Å². The van der Waals surface area contributed by atoms with Crippen molar-refractivity contribution in [3.63, 3.8) is 0 Å². The molecule has 1 aliphatic carbocycles. The van der Waals surface area contributed by atoms with Gasteiger partial charge >= 0.3 is 25.8 Å². The van der Waals surface area contributed by atoms with Crippen molar-refractivity contribution in [1.82, 2.24) is 25.0 Å². The van der Waals surface area contributed by atoms with Gasteiger partial charge in [-0.25, -0.2) is 23.7 Å². The van der Waals surface area contributed by atoms with E-state index in [-0.39, 0.29) is 31.0 Å². The van der Waals surface area contributed by atoms with Crippen molar-refractivity contribution in [1.29, 1.82) is 0 Å². The molecule has 7 atom stereocenters. The lowest BCUT2D eigenvalue weighted by Crippen LogP contribution is -2.43. The number of esters is 2. The highest BCUT2D eigenvalue weighted by Gasteiger charge is 2.80. The van der Waals surface area contributed by atoms with Gasteiger partial charge in [0.2, 0.25) is 0 Å². The maximum absolute atomic E-state index is 14.4. The molecule has 1 amide bonds. The molecule has 2 fully saturated rings. The molecule has 2 aliphatic rings. The number of benzene rings is 2. The molecular formula is C36H43N6O12P. The highest BCUT2D eigenvalue weighted by Crippen LogP contribution is 2.64. The van der Waals surface area contributed by atoms with Crippen molar-refractivity contribution in [2.75, 3.05) is 19.5 Å². The van der Waals surface area contributed by atoms with Crippen LogP contribution in [0.4, 0.5) is 10.6 Å². The quantitative estimate of drug-likeness (QED) is 0.0623. The number of hydrogen-bond donors (Lipinski definition) is 5. The minimum absolute atomic E-state index is 0.000352. The van der Waals surface area contributed by atoms with Gasteiger partial charge in [0.25, 0.3) is 0 Å². The number of methoxy groups -OCH3 is 1. The average Bonchev–Trinajstić information content (AvgIpc) is 3.40. The van der Waals surface area contributed by atoms with Crippen LogP contribution in [0.25, 0.3) is 5.52 Å². The fourth-order valence-electron chi connectivity index (χ4n) is 6.29. The number of ether oxygens (including phenoxy) is 4. The van der Waals surface area contributed by atoms with Gasteiger partial charge in [0, 0.05) is 12.8 Å². The van der Waals surface area contributed by atoms with E-state index in [2.05, 4.69) is 20.5 Å².